The van der Waals surface area contributed by atoms with E-state index in [1.807, 2.05) is 43.9 Å². The molecule has 82 valence electrons. The van der Waals surface area contributed by atoms with Crippen molar-refractivity contribution in [1.29, 1.82) is 0 Å². The van der Waals surface area contributed by atoms with Gasteiger partial charge in [-0.3, -0.25) is 4.79 Å². The third-order valence-electron chi connectivity index (χ3n) is 2.39. The lowest BCUT2D eigenvalue weighted by Gasteiger charge is -2.11. The molecule has 0 bridgehead atoms. The van der Waals surface area contributed by atoms with Gasteiger partial charge in [-0.2, -0.15) is 0 Å². The number of nitrogens with two attached hydrogens (primary N) is 1. The Morgan fingerprint density at radius 1 is 1.47 bits per heavy atom. The van der Waals surface area contributed by atoms with E-state index in [2.05, 4.69) is 0 Å². The Labute approximate surface area is 90.6 Å². The van der Waals surface area contributed by atoms with Crippen molar-refractivity contribution in [2.75, 3.05) is 0 Å². The van der Waals surface area contributed by atoms with Gasteiger partial charge < -0.3 is 10.3 Å². The van der Waals surface area contributed by atoms with Gasteiger partial charge in [0.05, 0.1) is 0 Å². The number of hydrogen-bond donors (Lipinski definition) is 1. The molecule has 0 aliphatic heterocycles. The number of carbonyl (C=O) groups excluding carboxylic acids is 1. The van der Waals surface area contributed by atoms with Gasteiger partial charge in [-0.05, 0) is 18.9 Å². The van der Waals surface area contributed by atoms with Crippen LogP contribution in [-0.4, -0.2) is 10.4 Å². The van der Waals surface area contributed by atoms with Crippen LogP contribution in [0.2, 0.25) is 0 Å². The Morgan fingerprint density at radius 3 is 2.40 bits per heavy atom. The molecule has 15 heavy (non-hydrogen) atoms. The normalized spacial score (nSPS) is 12.9. The minimum Gasteiger partial charge on any atom is -0.398 e. The van der Waals surface area contributed by atoms with Gasteiger partial charge in [0.1, 0.15) is 0 Å². The van der Waals surface area contributed by atoms with Gasteiger partial charge in [0.2, 0.25) is 0 Å². The van der Waals surface area contributed by atoms with Crippen molar-refractivity contribution in [2.24, 2.45) is 18.7 Å². The van der Waals surface area contributed by atoms with E-state index in [1.54, 1.807) is 6.92 Å². The second kappa shape index (κ2) is 4.34. The Balaban J connectivity index is 3.22. The van der Waals surface area contributed by atoms with E-state index >= 15 is 0 Å². The molecule has 3 nitrogen and oxygen atoms in total. The fourth-order valence-electron chi connectivity index (χ4n) is 1.73. The number of aryl methyl sites for hydroxylation is 1. The van der Waals surface area contributed by atoms with Crippen LogP contribution in [0.5, 0.6) is 0 Å². The van der Waals surface area contributed by atoms with Crippen LogP contribution in [0.3, 0.4) is 0 Å². The minimum absolute atomic E-state index is 0.0475. The molecular formula is C12H18N2O. The zero-order valence-corrected chi connectivity index (χ0v) is 9.74. The number of aromatic nitrogens is 1. The molecule has 0 unspecified atom stereocenters. The molecule has 0 spiro atoms. The first kappa shape index (κ1) is 11.6. The molecule has 0 radical (unpaired) electrons. The highest BCUT2D eigenvalue weighted by Gasteiger charge is 2.14. The average Bonchev–Trinajstić information content (AvgIpc) is 2.50. The fraction of sp³-hybridized carbons (Fsp3) is 0.417. The lowest BCUT2D eigenvalue weighted by Crippen LogP contribution is -2.12. The van der Waals surface area contributed by atoms with Crippen molar-refractivity contribution in [1.82, 2.24) is 4.57 Å². The minimum atomic E-state index is 0.0475. The van der Waals surface area contributed by atoms with Crippen LogP contribution in [0.4, 0.5) is 0 Å². The number of ketones is 1. The Hall–Kier alpha value is -1.51. The summed E-state index contributed by atoms with van der Waals surface area (Å²) in [4.78, 5) is 11.5. The van der Waals surface area contributed by atoms with Crippen molar-refractivity contribution in [3.63, 3.8) is 0 Å². The van der Waals surface area contributed by atoms with Crippen LogP contribution in [0.15, 0.2) is 24.0 Å². The summed E-state index contributed by atoms with van der Waals surface area (Å²) in [5, 5.41) is 0. The Morgan fingerprint density at radius 2 is 2.07 bits per heavy atom. The van der Waals surface area contributed by atoms with E-state index in [0.29, 0.717) is 11.3 Å². The van der Waals surface area contributed by atoms with Gasteiger partial charge in [0.15, 0.2) is 5.78 Å². The molecular weight excluding hydrogens is 188 g/mol. The number of hydrogen-bond acceptors (Lipinski definition) is 2. The zero-order chi connectivity index (χ0) is 11.6. The third-order valence-corrected chi connectivity index (χ3v) is 2.39. The largest absolute Gasteiger partial charge is 0.398 e. The lowest BCUT2D eigenvalue weighted by atomic mass is 9.95. The van der Waals surface area contributed by atoms with Gasteiger partial charge in [-0.15, -0.1) is 0 Å². The first-order valence-electron chi connectivity index (χ1n) is 5.06. The molecule has 0 saturated carbocycles. The summed E-state index contributed by atoms with van der Waals surface area (Å²) < 4.78 is 1.92. The molecule has 1 aromatic rings. The standard InChI is InChI=1S/C12H18N2O/c1-8(2)11(9(3)15)12(13)10-5-6-14(4)7-10/h5-8H,13H2,1-4H3/b12-11-. The maximum atomic E-state index is 11.5. The second-order valence-corrected chi connectivity index (χ2v) is 4.10. The molecule has 0 saturated heterocycles. The number of allylic oxidation sites excluding steroid dienone is 1. The zero-order valence-electron chi connectivity index (χ0n) is 9.74. The maximum Gasteiger partial charge on any atom is 0.158 e. The Kier molecular flexibility index (Phi) is 3.35. The summed E-state index contributed by atoms with van der Waals surface area (Å²) in [5.41, 5.74) is 8.22. The summed E-state index contributed by atoms with van der Waals surface area (Å²) in [7, 11) is 1.93. The SMILES string of the molecule is CC(=O)/C(=C(\N)c1ccn(C)c1)C(C)C. The highest BCUT2D eigenvalue weighted by atomic mass is 16.1. The van der Waals surface area contributed by atoms with E-state index in [0.717, 1.165) is 5.56 Å². The fourth-order valence-corrected chi connectivity index (χ4v) is 1.73. The molecule has 2 N–H and O–H groups in total. The number of rotatable bonds is 3. The Bertz CT molecular complexity index is 400. The molecule has 0 aliphatic carbocycles. The molecule has 0 atom stereocenters. The van der Waals surface area contributed by atoms with Gasteiger partial charge in [0.25, 0.3) is 0 Å². The van der Waals surface area contributed by atoms with Crippen molar-refractivity contribution < 1.29 is 4.79 Å². The monoisotopic (exact) mass is 206 g/mol. The molecule has 0 aliphatic rings. The summed E-state index contributed by atoms with van der Waals surface area (Å²) in [6.07, 6.45) is 3.83. The molecule has 1 heterocycles. The highest BCUT2D eigenvalue weighted by Crippen LogP contribution is 2.20. The van der Waals surface area contributed by atoms with E-state index in [4.69, 9.17) is 5.73 Å². The number of Topliss-reactive ketones (excluding diaryl/α,β-unsaturated/α-hetero) is 1. The van der Waals surface area contributed by atoms with Crippen LogP contribution in [-0.2, 0) is 11.8 Å². The van der Waals surface area contributed by atoms with E-state index in [-0.39, 0.29) is 11.7 Å². The first-order chi connectivity index (χ1) is 6.93. The predicted octanol–water partition coefficient (Wildman–Crippen LogP) is 1.94. The molecule has 0 aromatic carbocycles. The van der Waals surface area contributed by atoms with Crippen LogP contribution >= 0.6 is 0 Å². The average molecular weight is 206 g/mol. The molecule has 1 rings (SSSR count). The quantitative estimate of drug-likeness (QED) is 0.768. The molecule has 3 heteroatoms. The highest BCUT2D eigenvalue weighted by molar-refractivity contribution is 6.00. The third kappa shape index (κ3) is 2.49. The molecule has 0 amide bonds. The van der Waals surface area contributed by atoms with Crippen LogP contribution in [0, 0.1) is 5.92 Å². The summed E-state index contributed by atoms with van der Waals surface area (Å²) in [5.74, 6) is 0.203. The summed E-state index contributed by atoms with van der Waals surface area (Å²) in [6.45, 7) is 5.52. The second-order valence-electron chi connectivity index (χ2n) is 4.10. The van der Waals surface area contributed by atoms with Gasteiger partial charge in [0, 0.05) is 36.3 Å². The van der Waals surface area contributed by atoms with E-state index < -0.39 is 0 Å². The summed E-state index contributed by atoms with van der Waals surface area (Å²) >= 11 is 0. The summed E-state index contributed by atoms with van der Waals surface area (Å²) in [6, 6.07) is 1.92. The number of nitrogens with zero attached hydrogens (tertiary/aromatic N) is 1. The van der Waals surface area contributed by atoms with Crippen molar-refractivity contribution in [3.8, 4) is 0 Å². The van der Waals surface area contributed by atoms with Crippen molar-refractivity contribution in [2.45, 2.75) is 20.8 Å². The van der Waals surface area contributed by atoms with E-state index in [1.165, 1.54) is 0 Å². The molecule has 0 fully saturated rings. The predicted molar refractivity (Wildman–Crippen MR) is 62.0 cm³/mol. The smallest absolute Gasteiger partial charge is 0.158 e. The lowest BCUT2D eigenvalue weighted by molar-refractivity contribution is -0.113. The van der Waals surface area contributed by atoms with Gasteiger partial charge >= 0.3 is 0 Å². The topological polar surface area (TPSA) is 48.0 Å². The van der Waals surface area contributed by atoms with Crippen molar-refractivity contribution in [3.05, 3.63) is 29.6 Å². The van der Waals surface area contributed by atoms with Gasteiger partial charge in [-0.25, -0.2) is 0 Å². The van der Waals surface area contributed by atoms with E-state index in [9.17, 15) is 4.79 Å². The van der Waals surface area contributed by atoms with Gasteiger partial charge in [-0.1, -0.05) is 13.8 Å². The maximum absolute atomic E-state index is 11.5. The van der Waals surface area contributed by atoms with Crippen LogP contribution < -0.4 is 5.73 Å². The molecule has 1 aromatic heterocycles. The van der Waals surface area contributed by atoms with Crippen LogP contribution in [0.25, 0.3) is 5.70 Å². The number of carbonyl (C=O) groups is 1. The first-order valence-corrected chi connectivity index (χ1v) is 5.06. The van der Waals surface area contributed by atoms with Crippen molar-refractivity contribution >= 4 is 11.5 Å². The van der Waals surface area contributed by atoms with Crippen LogP contribution in [0.1, 0.15) is 26.3 Å².